The largest absolute Gasteiger partial charge is 0.164 e. The fourth-order valence-electron chi connectivity index (χ4n) is 0. The lowest BCUT2D eigenvalue weighted by Gasteiger charge is -1.89. The van der Waals surface area contributed by atoms with Gasteiger partial charge in [-0.15, -0.1) is 0 Å². The summed E-state index contributed by atoms with van der Waals surface area (Å²) >= 11 is 0. The number of hydrogen-bond donors (Lipinski definition) is 0. The minimum absolute atomic E-state index is 1.44. The van der Waals surface area contributed by atoms with Crippen molar-refractivity contribution in [1.29, 1.82) is 0 Å². The van der Waals surface area contributed by atoms with Gasteiger partial charge in [-0.05, 0) is 0 Å². The first-order valence-corrected chi connectivity index (χ1v) is 2.06. The highest BCUT2D eigenvalue weighted by molar-refractivity contribution is 7.20. The predicted molar refractivity (Wildman–Crippen MR) is 25.7 cm³/mol. The summed E-state index contributed by atoms with van der Waals surface area (Å²) < 4.78 is 0. The van der Waals surface area contributed by atoms with E-state index in [0.717, 1.165) is 0 Å². The molecule has 0 spiro atoms. The normalized spacial score (nSPS) is 9.75. The van der Waals surface area contributed by atoms with Crippen LogP contribution < -0.4 is 0 Å². The first-order valence-electron chi connectivity index (χ1n) is 1.35. The standard InChI is InChI=1S/C3H9P/c1-3(2)4/h1-2,4H3. The SMILES string of the molecule is C[C-](C)[PH3+]. The van der Waals surface area contributed by atoms with Crippen molar-refractivity contribution in [2.45, 2.75) is 13.8 Å². The molecule has 0 aromatic carbocycles. The van der Waals surface area contributed by atoms with E-state index in [0.29, 0.717) is 0 Å². The third-order valence-electron chi connectivity index (χ3n) is 0. The molecule has 0 nitrogen and oxygen atoms in total. The Morgan fingerprint density at radius 1 is 1.50 bits per heavy atom. The average Bonchev–Trinajstić information content (AvgIpc) is 0.811. The topological polar surface area (TPSA) is 0 Å². The molecular formula is C3H9P. The summed E-state index contributed by atoms with van der Waals surface area (Å²) in [5.41, 5.74) is 1.44. The van der Waals surface area contributed by atoms with Crippen LogP contribution in [-0.4, -0.2) is 0 Å². The lowest BCUT2D eigenvalue weighted by Crippen LogP contribution is -1.53. The van der Waals surface area contributed by atoms with Crippen molar-refractivity contribution in [1.82, 2.24) is 0 Å². The zero-order valence-electron chi connectivity index (χ0n) is 3.21. The van der Waals surface area contributed by atoms with Gasteiger partial charge in [0.1, 0.15) is 0 Å². The van der Waals surface area contributed by atoms with Gasteiger partial charge in [0.2, 0.25) is 0 Å². The van der Waals surface area contributed by atoms with Crippen LogP contribution in [0.5, 0.6) is 0 Å². The van der Waals surface area contributed by atoms with E-state index in [4.69, 9.17) is 0 Å². The Morgan fingerprint density at radius 2 is 1.50 bits per heavy atom. The first kappa shape index (κ1) is 4.43. The molecule has 0 aliphatic rings. The monoisotopic (exact) mass is 76.0 g/mol. The fraction of sp³-hybridized carbons (Fsp3) is 0.667. The molecule has 4 heavy (non-hydrogen) atoms. The molecule has 0 amide bonds. The number of rotatable bonds is 0. The summed E-state index contributed by atoms with van der Waals surface area (Å²) in [7, 11) is 1.92. The van der Waals surface area contributed by atoms with E-state index in [9.17, 15) is 0 Å². The molecule has 26 valence electrons. The third kappa shape index (κ3) is 26.9. The molecule has 1 unspecified atom stereocenters. The highest BCUT2D eigenvalue weighted by Gasteiger charge is 1.57. The van der Waals surface area contributed by atoms with Gasteiger partial charge in [0.15, 0.2) is 0 Å². The van der Waals surface area contributed by atoms with Crippen LogP contribution in [0.2, 0.25) is 0 Å². The van der Waals surface area contributed by atoms with Crippen LogP contribution in [0.3, 0.4) is 0 Å². The van der Waals surface area contributed by atoms with Gasteiger partial charge in [-0.2, -0.15) is 28.7 Å². The van der Waals surface area contributed by atoms with Crippen LogP contribution in [0.1, 0.15) is 13.8 Å². The van der Waals surface area contributed by atoms with E-state index < -0.39 is 0 Å². The Hall–Kier alpha value is 0.430. The maximum absolute atomic E-state index is 2.10. The molecule has 0 aromatic rings. The van der Waals surface area contributed by atoms with E-state index >= 15 is 0 Å². The van der Waals surface area contributed by atoms with Crippen LogP contribution in [0.4, 0.5) is 0 Å². The molecule has 0 heterocycles. The highest BCUT2D eigenvalue weighted by Crippen LogP contribution is 2.02. The molecule has 0 bridgehead atoms. The molecule has 0 aromatic heterocycles. The van der Waals surface area contributed by atoms with Crippen molar-refractivity contribution in [3.05, 3.63) is 5.66 Å². The Labute approximate surface area is 29.8 Å². The van der Waals surface area contributed by atoms with Crippen molar-refractivity contribution >= 4 is 9.24 Å². The zero-order valence-corrected chi connectivity index (χ0v) is 4.62. The Balaban J connectivity index is 2.32. The molecule has 0 fully saturated rings. The molecule has 0 saturated heterocycles. The lowest BCUT2D eigenvalue weighted by atomic mass is 10.6. The molecule has 0 saturated carbocycles. The molecule has 0 radical (unpaired) electrons. The van der Waals surface area contributed by atoms with Gasteiger partial charge >= 0.3 is 0 Å². The second-order valence-corrected chi connectivity index (χ2v) is 2.62. The van der Waals surface area contributed by atoms with Crippen LogP contribution in [0.15, 0.2) is 0 Å². The first-order chi connectivity index (χ1) is 1.73. The van der Waals surface area contributed by atoms with E-state index in [-0.39, 0.29) is 0 Å². The highest BCUT2D eigenvalue weighted by atomic mass is 31.0. The van der Waals surface area contributed by atoms with Gasteiger partial charge in [0, 0.05) is 0 Å². The Kier molecular flexibility index (Phi) is 1.91. The van der Waals surface area contributed by atoms with Crippen molar-refractivity contribution in [3.8, 4) is 0 Å². The zero-order chi connectivity index (χ0) is 3.58. The van der Waals surface area contributed by atoms with Gasteiger partial charge < -0.3 is 0 Å². The lowest BCUT2D eigenvalue weighted by molar-refractivity contribution is 1.34. The van der Waals surface area contributed by atoms with E-state index in [1.54, 1.807) is 0 Å². The fourth-order valence-corrected chi connectivity index (χ4v) is 0. The molecule has 0 rings (SSSR count). The third-order valence-corrected chi connectivity index (χ3v) is 0. The van der Waals surface area contributed by atoms with Crippen LogP contribution in [0, 0.1) is 5.66 Å². The minimum atomic E-state index is 1.44. The summed E-state index contributed by atoms with van der Waals surface area (Å²) in [6, 6.07) is 0. The van der Waals surface area contributed by atoms with Crippen molar-refractivity contribution < 1.29 is 0 Å². The van der Waals surface area contributed by atoms with Crippen LogP contribution >= 0.6 is 9.24 Å². The molecule has 1 atom stereocenters. The number of hydrogen-bond acceptors (Lipinski definition) is 0. The van der Waals surface area contributed by atoms with Gasteiger partial charge in [0.05, 0.1) is 0 Å². The second kappa shape index (κ2) is 1.72. The second-order valence-electron chi connectivity index (χ2n) is 1.21. The Bertz CT molecular complexity index is 8.00. The van der Waals surface area contributed by atoms with Crippen LogP contribution in [0.25, 0.3) is 0 Å². The van der Waals surface area contributed by atoms with Crippen LogP contribution in [-0.2, 0) is 0 Å². The Morgan fingerprint density at radius 3 is 1.50 bits per heavy atom. The maximum Gasteiger partial charge on any atom is -0.155 e. The van der Waals surface area contributed by atoms with Gasteiger partial charge in [-0.25, -0.2) is 0 Å². The predicted octanol–water partition coefficient (Wildman–Crippen LogP) is 1.17. The summed E-state index contributed by atoms with van der Waals surface area (Å²) in [5.74, 6) is 0. The smallest absolute Gasteiger partial charge is 0.155 e. The average molecular weight is 76.1 g/mol. The molecule has 0 aliphatic heterocycles. The van der Waals surface area contributed by atoms with Gasteiger partial charge in [0.25, 0.3) is 0 Å². The molecule has 0 N–H and O–H groups in total. The van der Waals surface area contributed by atoms with Crippen molar-refractivity contribution in [2.75, 3.05) is 0 Å². The summed E-state index contributed by atoms with van der Waals surface area (Å²) in [4.78, 5) is 0. The molecular weight excluding hydrogens is 67.0 g/mol. The quantitative estimate of drug-likeness (QED) is 0.300. The molecule has 0 aliphatic carbocycles. The summed E-state index contributed by atoms with van der Waals surface area (Å²) in [6.45, 7) is 4.19. The van der Waals surface area contributed by atoms with Crippen molar-refractivity contribution in [2.24, 2.45) is 0 Å². The minimum Gasteiger partial charge on any atom is -0.164 e. The van der Waals surface area contributed by atoms with Gasteiger partial charge in [-0.3, -0.25) is 0 Å². The van der Waals surface area contributed by atoms with Crippen molar-refractivity contribution in [3.63, 3.8) is 0 Å². The van der Waals surface area contributed by atoms with E-state index in [1.165, 1.54) is 5.66 Å². The summed E-state index contributed by atoms with van der Waals surface area (Å²) in [6.07, 6.45) is 0. The van der Waals surface area contributed by atoms with E-state index in [2.05, 4.69) is 13.8 Å². The summed E-state index contributed by atoms with van der Waals surface area (Å²) in [5, 5.41) is 0. The van der Waals surface area contributed by atoms with Gasteiger partial charge in [-0.1, -0.05) is 0 Å². The molecule has 1 heteroatoms. The maximum atomic E-state index is 2.10. The van der Waals surface area contributed by atoms with E-state index in [1.807, 2.05) is 9.24 Å².